The van der Waals surface area contributed by atoms with Crippen molar-refractivity contribution in [3.8, 4) is 0 Å². The van der Waals surface area contributed by atoms with Gasteiger partial charge in [0.25, 0.3) is 0 Å². The molecule has 3 rings (SSSR count). The van der Waals surface area contributed by atoms with Crippen molar-refractivity contribution in [1.82, 2.24) is 10.6 Å². The van der Waals surface area contributed by atoms with E-state index in [0.29, 0.717) is 31.4 Å². The number of hydrogen-bond acceptors (Lipinski definition) is 3. The van der Waals surface area contributed by atoms with E-state index in [1.165, 1.54) is 6.92 Å². The molecule has 0 bridgehead atoms. The molecule has 1 saturated carbocycles. The van der Waals surface area contributed by atoms with Gasteiger partial charge in [0.15, 0.2) is 0 Å². The predicted molar refractivity (Wildman–Crippen MR) is 90.1 cm³/mol. The summed E-state index contributed by atoms with van der Waals surface area (Å²) >= 11 is 0. The second kappa shape index (κ2) is 6.89. The van der Waals surface area contributed by atoms with Crippen LogP contribution in [0.2, 0.25) is 0 Å². The molecule has 1 aromatic carbocycles. The largest absolute Gasteiger partial charge is 0.342 e. The van der Waals surface area contributed by atoms with Crippen LogP contribution in [0.3, 0.4) is 0 Å². The van der Waals surface area contributed by atoms with Crippen LogP contribution in [0.15, 0.2) is 12.1 Å². The lowest BCUT2D eigenvalue weighted by molar-refractivity contribution is -0.130. The van der Waals surface area contributed by atoms with Crippen molar-refractivity contribution in [3.63, 3.8) is 0 Å². The molecule has 0 spiro atoms. The second-order valence-electron chi connectivity index (χ2n) is 6.77. The van der Waals surface area contributed by atoms with E-state index in [9.17, 15) is 14.0 Å². The SMILES string of the molecule is CC(=O)NC1(C(=O)Nc2ccc3c(c2F)CCNC3)CCCCC1. The predicted octanol–water partition coefficient (Wildman–Crippen LogP) is 2.25. The van der Waals surface area contributed by atoms with Gasteiger partial charge in [0.2, 0.25) is 11.8 Å². The van der Waals surface area contributed by atoms with Crippen LogP contribution in [-0.2, 0) is 22.6 Å². The molecule has 0 saturated heterocycles. The summed E-state index contributed by atoms with van der Waals surface area (Å²) in [5.74, 6) is -0.898. The first kappa shape index (κ1) is 16.9. The number of carbonyl (C=O) groups is 2. The van der Waals surface area contributed by atoms with Crippen molar-refractivity contribution in [2.75, 3.05) is 11.9 Å². The maximum atomic E-state index is 14.7. The molecule has 1 heterocycles. The molecule has 2 aliphatic rings. The molecule has 2 amide bonds. The van der Waals surface area contributed by atoms with Crippen molar-refractivity contribution < 1.29 is 14.0 Å². The van der Waals surface area contributed by atoms with Gasteiger partial charge >= 0.3 is 0 Å². The van der Waals surface area contributed by atoms with Gasteiger partial charge in [-0.3, -0.25) is 9.59 Å². The van der Waals surface area contributed by atoms with E-state index in [-0.39, 0.29) is 23.3 Å². The fourth-order valence-corrected chi connectivity index (χ4v) is 3.77. The molecule has 24 heavy (non-hydrogen) atoms. The normalized spacial score (nSPS) is 19.2. The van der Waals surface area contributed by atoms with Crippen LogP contribution in [0.5, 0.6) is 0 Å². The summed E-state index contributed by atoms with van der Waals surface area (Å²) in [5, 5.41) is 8.75. The van der Waals surface area contributed by atoms with Gasteiger partial charge in [0, 0.05) is 13.5 Å². The number of rotatable bonds is 3. The molecule has 3 N–H and O–H groups in total. The highest BCUT2D eigenvalue weighted by atomic mass is 19.1. The smallest absolute Gasteiger partial charge is 0.250 e. The van der Waals surface area contributed by atoms with Crippen LogP contribution >= 0.6 is 0 Å². The number of halogens is 1. The molecular weight excluding hydrogens is 309 g/mol. The van der Waals surface area contributed by atoms with Gasteiger partial charge in [-0.15, -0.1) is 0 Å². The van der Waals surface area contributed by atoms with E-state index in [0.717, 1.165) is 31.4 Å². The maximum absolute atomic E-state index is 14.7. The van der Waals surface area contributed by atoms with Crippen LogP contribution in [0, 0.1) is 5.82 Å². The molecule has 1 aliphatic heterocycles. The number of nitrogens with one attached hydrogen (secondary N) is 3. The summed E-state index contributed by atoms with van der Waals surface area (Å²) in [7, 11) is 0. The van der Waals surface area contributed by atoms with Gasteiger partial charge in [-0.25, -0.2) is 4.39 Å². The monoisotopic (exact) mass is 333 g/mol. The molecule has 0 radical (unpaired) electrons. The molecule has 0 aromatic heterocycles. The highest BCUT2D eigenvalue weighted by Gasteiger charge is 2.40. The quantitative estimate of drug-likeness (QED) is 0.794. The van der Waals surface area contributed by atoms with Crippen molar-refractivity contribution in [2.24, 2.45) is 0 Å². The number of anilines is 1. The first-order valence-corrected chi connectivity index (χ1v) is 8.63. The molecular formula is C18H24FN3O2. The van der Waals surface area contributed by atoms with E-state index in [1.807, 2.05) is 6.07 Å². The lowest BCUT2D eigenvalue weighted by Crippen LogP contribution is -2.57. The Bertz CT molecular complexity index is 654. The summed E-state index contributed by atoms with van der Waals surface area (Å²) in [4.78, 5) is 24.4. The standard InChI is InChI=1S/C18H24FN3O2/c1-12(23)22-18(8-3-2-4-9-18)17(24)21-15-6-5-13-11-20-10-7-14(13)16(15)19/h5-6,20H,2-4,7-11H2,1H3,(H,21,24)(H,22,23). The summed E-state index contributed by atoms with van der Waals surface area (Å²) < 4.78 is 14.7. The average molecular weight is 333 g/mol. The van der Waals surface area contributed by atoms with Gasteiger partial charge in [-0.05, 0) is 43.0 Å². The number of benzene rings is 1. The third-order valence-corrected chi connectivity index (χ3v) is 5.01. The summed E-state index contributed by atoms with van der Waals surface area (Å²) in [6, 6.07) is 3.47. The topological polar surface area (TPSA) is 70.2 Å². The Morgan fingerprint density at radius 3 is 2.67 bits per heavy atom. The van der Waals surface area contributed by atoms with Crippen molar-refractivity contribution in [1.29, 1.82) is 0 Å². The van der Waals surface area contributed by atoms with Gasteiger partial charge in [0.1, 0.15) is 11.4 Å². The molecule has 1 aliphatic carbocycles. The molecule has 130 valence electrons. The molecule has 6 heteroatoms. The number of amides is 2. The van der Waals surface area contributed by atoms with Gasteiger partial charge in [0.05, 0.1) is 5.69 Å². The highest BCUT2D eigenvalue weighted by molar-refractivity contribution is 6.00. The Morgan fingerprint density at radius 1 is 1.21 bits per heavy atom. The highest BCUT2D eigenvalue weighted by Crippen LogP contribution is 2.31. The third kappa shape index (κ3) is 3.29. The zero-order valence-electron chi connectivity index (χ0n) is 14.0. The second-order valence-corrected chi connectivity index (χ2v) is 6.77. The Kier molecular flexibility index (Phi) is 4.85. The van der Waals surface area contributed by atoms with Gasteiger partial charge in [-0.2, -0.15) is 0 Å². The van der Waals surface area contributed by atoms with Crippen LogP contribution in [0.25, 0.3) is 0 Å². The molecule has 5 nitrogen and oxygen atoms in total. The average Bonchev–Trinajstić information content (AvgIpc) is 2.58. The van der Waals surface area contributed by atoms with Crippen LogP contribution < -0.4 is 16.0 Å². The minimum Gasteiger partial charge on any atom is -0.342 e. The molecule has 0 atom stereocenters. The fraction of sp³-hybridized carbons (Fsp3) is 0.556. The van der Waals surface area contributed by atoms with E-state index < -0.39 is 5.54 Å². The first-order chi connectivity index (χ1) is 11.5. The maximum Gasteiger partial charge on any atom is 0.250 e. The van der Waals surface area contributed by atoms with Gasteiger partial charge in [-0.1, -0.05) is 25.3 Å². The number of fused-ring (bicyclic) bond motifs is 1. The summed E-state index contributed by atoms with van der Waals surface area (Å²) in [6.07, 6.45) is 4.61. The van der Waals surface area contributed by atoms with Crippen molar-refractivity contribution in [3.05, 3.63) is 29.1 Å². The summed E-state index contributed by atoms with van der Waals surface area (Å²) in [6.45, 7) is 2.80. The fourth-order valence-electron chi connectivity index (χ4n) is 3.77. The number of hydrogen-bond donors (Lipinski definition) is 3. The van der Waals surface area contributed by atoms with Crippen LogP contribution in [0.4, 0.5) is 10.1 Å². The van der Waals surface area contributed by atoms with E-state index in [2.05, 4.69) is 16.0 Å². The molecule has 0 unspecified atom stereocenters. The lowest BCUT2D eigenvalue weighted by atomic mass is 9.80. The Hall–Kier alpha value is -1.95. The first-order valence-electron chi connectivity index (χ1n) is 8.63. The van der Waals surface area contributed by atoms with E-state index >= 15 is 0 Å². The van der Waals surface area contributed by atoms with Crippen molar-refractivity contribution in [2.45, 2.75) is 57.5 Å². The minimum atomic E-state index is -0.923. The Labute approximate surface area is 141 Å². The molecule has 1 fully saturated rings. The van der Waals surface area contributed by atoms with Crippen LogP contribution in [-0.4, -0.2) is 23.9 Å². The lowest BCUT2D eigenvalue weighted by Gasteiger charge is -2.36. The van der Waals surface area contributed by atoms with Gasteiger partial charge < -0.3 is 16.0 Å². The zero-order chi connectivity index (χ0) is 17.2. The van der Waals surface area contributed by atoms with Crippen LogP contribution in [0.1, 0.15) is 50.2 Å². The third-order valence-electron chi connectivity index (χ3n) is 5.01. The Balaban J connectivity index is 1.83. The Morgan fingerprint density at radius 2 is 1.96 bits per heavy atom. The molecule has 1 aromatic rings. The van der Waals surface area contributed by atoms with E-state index in [4.69, 9.17) is 0 Å². The number of carbonyl (C=O) groups excluding carboxylic acids is 2. The minimum absolute atomic E-state index is 0.205. The summed E-state index contributed by atoms with van der Waals surface area (Å²) in [5.41, 5.74) is 0.888. The van der Waals surface area contributed by atoms with E-state index in [1.54, 1.807) is 6.07 Å². The zero-order valence-corrected chi connectivity index (χ0v) is 14.0. The van der Waals surface area contributed by atoms with Crippen molar-refractivity contribution >= 4 is 17.5 Å².